The molecule has 0 aliphatic rings. The molecular weight excluding hydrogens is 206 g/mol. The Kier molecular flexibility index (Phi) is 2.81. The minimum atomic E-state index is -0.168. The Morgan fingerprint density at radius 2 is 2.06 bits per heavy atom. The van der Waals surface area contributed by atoms with Crippen molar-refractivity contribution in [1.82, 2.24) is 14.9 Å². The number of hydrogen-bond donors (Lipinski definition) is 3. The monoisotopic (exact) mass is 217 g/mol. The highest BCUT2D eigenvalue weighted by Gasteiger charge is 2.00. The maximum atomic E-state index is 9.14. The molecule has 0 aliphatic heterocycles. The van der Waals surface area contributed by atoms with Gasteiger partial charge in [0.1, 0.15) is 6.33 Å². The summed E-state index contributed by atoms with van der Waals surface area (Å²) in [5.41, 5.74) is 0.906. The van der Waals surface area contributed by atoms with Gasteiger partial charge in [0.05, 0.1) is 0 Å². The molecule has 3 N–H and O–H groups in total. The molecule has 0 saturated heterocycles. The molecule has 82 valence electrons. The summed E-state index contributed by atoms with van der Waals surface area (Å²) in [5.74, 6) is 0.293. The smallest absolute Gasteiger partial charge is 0.225 e. The summed E-state index contributed by atoms with van der Waals surface area (Å²) in [7, 11) is 0. The Hall–Kier alpha value is -2.37. The second-order valence-electron chi connectivity index (χ2n) is 3.19. The molecule has 1 aromatic carbocycles. The number of anilines is 1. The fourth-order valence-corrected chi connectivity index (χ4v) is 1.26. The molecule has 2 aromatic rings. The molecule has 0 spiro atoms. The van der Waals surface area contributed by atoms with Crippen molar-refractivity contribution in [2.75, 3.05) is 5.32 Å². The topological polar surface area (TPSA) is 86.8 Å². The van der Waals surface area contributed by atoms with Crippen molar-refractivity contribution >= 4 is 5.82 Å². The lowest BCUT2D eigenvalue weighted by molar-refractivity contribution is 0.129. The van der Waals surface area contributed by atoms with E-state index in [1.54, 1.807) is 0 Å². The Morgan fingerprint density at radius 1 is 1.31 bits per heavy atom. The predicted molar refractivity (Wildman–Crippen MR) is 56.8 cm³/mol. The van der Waals surface area contributed by atoms with Crippen LogP contribution in [-0.4, -0.2) is 20.1 Å². The van der Waals surface area contributed by atoms with Crippen LogP contribution in [0.2, 0.25) is 0 Å². The van der Waals surface area contributed by atoms with Crippen molar-refractivity contribution in [3.05, 3.63) is 47.7 Å². The van der Waals surface area contributed by atoms with Gasteiger partial charge in [-0.15, -0.1) is 5.10 Å². The van der Waals surface area contributed by atoms with E-state index in [2.05, 4.69) is 15.4 Å². The molecule has 1 heterocycles. The molecule has 0 amide bonds. The van der Waals surface area contributed by atoms with Crippen molar-refractivity contribution in [3.63, 3.8) is 0 Å². The Morgan fingerprint density at radius 3 is 2.81 bits per heavy atom. The van der Waals surface area contributed by atoms with Crippen LogP contribution in [0.4, 0.5) is 5.82 Å². The van der Waals surface area contributed by atoms with E-state index in [0.29, 0.717) is 17.2 Å². The summed E-state index contributed by atoms with van der Waals surface area (Å²) in [4.78, 5) is 4.34. The Balaban J connectivity index is 2.11. The molecule has 0 atom stereocenters. The zero-order chi connectivity index (χ0) is 11.4. The lowest BCUT2D eigenvalue weighted by atomic mass is 10.2. The molecular formula is C10H11N5O. The average molecular weight is 217 g/mol. The standard InChI is InChI=1S/C10H11N5O/c11-9-10(13-7-14-15(9)16)12-6-8-4-2-1-3-5-8/h1-5,7,11,16H,6H2,(H,12,13,14). The van der Waals surface area contributed by atoms with E-state index in [1.165, 1.54) is 6.33 Å². The summed E-state index contributed by atoms with van der Waals surface area (Å²) < 4.78 is 0. The van der Waals surface area contributed by atoms with Crippen molar-refractivity contribution in [2.24, 2.45) is 0 Å². The van der Waals surface area contributed by atoms with Crippen molar-refractivity contribution in [1.29, 1.82) is 5.41 Å². The highest BCUT2D eigenvalue weighted by atomic mass is 16.5. The largest absolute Gasteiger partial charge is 0.410 e. The second-order valence-corrected chi connectivity index (χ2v) is 3.19. The molecule has 6 heteroatoms. The first-order chi connectivity index (χ1) is 7.77. The molecule has 6 nitrogen and oxygen atoms in total. The highest BCUT2D eigenvalue weighted by Crippen LogP contribution is 2.00. The van der Waals surface area contributed by atoms with Gasteiger partial charge in [0.15, 0.2) is 5.82 Å². The minimum Gasteiger partial charge on any atom is -0.410 e. The zero-order valence-electron chi connectivity index (χ0n) is 8.46. The van der Waals surface area contributed by atoms with E-state index in [1.807, 2.05) is 30.3 Å². The van der Waals surface area contributed by atoms with Crippen molar-refractivity contribution in [2.45, 2.75) is 6.54 Å². The van der Waals surface area contributed by atoms with E-state index in [-0.39, 0.29) is 5.49 Å². The quantitative estimate of drug-likeness (QED) is 0.657. The summed E-state index contributed by atoms with van der Waals surface area (Å²) >= 11 is 0. The third kappa shape index (κ3) is 2.17. The number of aromatic nitrogens is 3. The zero-order valence-corrected chi connectivity index (χ0v) is 8.46. The molecule has 0 fully saturated rings. The predicted octanol–water partition coefficient (Wildman–Crippen LogP) is 0.607. The molecule has 0 unspecified atom stereocenters. The molecule has 16 heavy (non-hydrogen) atoms. The van der Waals surface area contributed by atoms with Gasteiger partial charge in [0.2, 0.25) is 5.49 Å². The van der Waals surface area contributed by atoms with Gasteiger partial charge in [0.25, 0.3) is 0 Å². The van der Waals surface area contributed by atoms with Crippen LogP contribution in [0.25, 0.3) is 0 Å². The van der Waals surface area contributed by atoms with Crippen LogP contribution in [0.5, 0.6) is 0 Å². The first-order valence-electron chi connectivity index (χ1n) is 4.73. The Labute approximate surface area is 91.7 Å². The van der Waals surface area contributed by atoms with Gasteiger partial charge in [-0.1, -0.05) is 35.2 Å². The van der Waals surface area contributed by atoms with E-state index in [4.69, 9.17) is 10.6 Å². The SMILES string of the molecule is N=c1c(NCc2ccccc2)ncnn1O. The van der Waals surface area contributed by atoms with Gasteiger partial charge in [-0.2, -0.15) is 0 Å². The fraction of sp³-hybridized carbons (Fsp3) is 0.100. The minimum absolute atomic E-state index is 0.168. The fourth-order valence-electron chi connectivity index (χ4n) is 1.26. The summed E-state index contributed by atoms with van der Waals surface area (Å²) in [5, 5.41) is 23.0. The van der Waals surface area contributed by atoms with E-state index in [9.17, 15) is 0 Å². The molecule has 0 saturated carbocycles. The highest BCUT2D eigenvalue weighted by molar-refractivity contribution is 5.30. The van der Waals surface area contributed by atoms with E-state index >= 15 is 0 Å². The second kappa shape index (κ2) is 4.43. The van der Waals surface area contributed by atoms with Crippen LogP contribution in [0, 0.1) is 5.41 Å². The van der Waals surface area contributed by atoms with Crippen LogP contribution in [0.1, 0.15) is 5.56 Å². The summed E-state index contributed by atoms with van der Waals surface area (Å²) in [6.07, 6.45) is 1.19. The third-order valence-corrected chi connectivity index (χ3v) is 2.07. The van der Waals surface area contributed by atoms with Gasteiger partial charge in [-0.25, -0.2) is 4.98 Å². The summed E-state index contributed by atoms with van der Waals surface area (Å²) in [6, 6.07) is 9.73. The maximum Gasteiger partial charge on any atom is 0.225 e. The lowest BCUT2D eigenvalue weighted by Crippen LogP contribution is -2.25. The van der Waals surface area contributed by atoms with Crippen LogP contribution < -0.4 is 10.8 Å². The normalized spacial score (nSPS) is 10.0. The Bertz CT molecular complexity index is 522. The summed E-state index contributed by atoms with van der Waals surface area (Å²) in [6.45, 7) is 0.545. The molecule has 0 radical (unpaired) electrons. The average Bonchev–Trinajstić information content (AvgIpc) is 2.32. The maximum absolute atomic E-state index is 9.14. The number of benzene rings is 1. The van der Waals surface area contributed by atoms with Crippen LogP contribution in [0.3, 0.4) is 0 Å². The lowest BCUT2D eigenvalue weighted by Gasteiger charge is -2.05. The van der Waals surface area contributed by atoms with Crippen molar-refractivity contribution < 1.29 is 5.21 Å². The van der Waals surface area contributed by atoms with Gasteiger partial charge in [-0.05, 0) is 5.56 Å². The number of nitrogens with one attached hydrogen (secondary N) is 2. The van der Waals surface area contributed by atoms with Gasteiger partial charge in [-0.3, -0.25) is 5.41 Å². The third-order valence-electron chi connectivity index (χ3n) is 2.07. The number of rotatable bonds is 3. The van der Waals surface area contributed by atoms with Crippen LogP contribution in [0.15, 0.2) is 36.7 Å². The van der Waals surface area contributed by atoms with Crippen molar-refractivity contribution in [3.8, 4) is 0 Å². The molecule has 0 aliphatic carbocycles. The van der Waals surface area contributed by atoms with Crippen LogP contribution in [-0.2, 0) is 6.54 Å². The van der Waals surface area contributed by atoms with Gasteiger partial charge < -0.3 is 10.5 Å². The number of nitrogens with zero attached hydrogens (tertiary/aromatic N) is 3. The first kappa shape index (κ1) is 10.2. The first-order valence-corrected chi connectivity index (χ1v) is 4.73. The van der Waals surface area contributed by atoms with E-state index < -0.39 is 0 Å². The van der Waals surface area contributed by atoms with Gasteiger partial charge >= 0.3 is 0 Å². The van der Waals surface area contributed by atoms with E-state index in [0.717, 1.165) is 5.56 Å². The van der Waals surface area contributed by atoms with Gasteiger partial charge in [0, 0.05) is 6.54 Å². The van der Waals surface area contributed by atoms with Crippen LogP contribution >= 0.6 is 0 Å². The molecule has 0 bridgehead atoms. The number of hydrogen-bond acceptors (Lipinski definition) is 5. The molecule has 2 rings (SSSR count). The molecule has 1 aromatic heterocycles.